The maximum Gasteiger partial charge on any atom is 0.335 e. The van der Waals surface area contributed by atoms with Crippen molar-refractivity contribution in [3.05, 3.63) is 35.1 Å². The smallest absolute Gasteiger partial charge is 0.335 e. The molecule has 2 heterocycles. The van der Waals surface area contributed by atoms with Crippen molar-refractivity contribution in [3.63, 3.8) is 0 Å². The number of benzene rings is 1. The topological polar surface area (TPSA) is 101 Å². The van der Waals surface area contributed by atoms with Crippen LogP contribution in [0.15, 0.2) is 18.2 Å². The van der Waals surface area contributed by atoms with Gasteiger partial charge in [0.2, 0.25) is 0 Å². The Morgan fingerprint density at radius 2 is 2.08 bits per heavy atom. The molecule has 2 aliphatic heterocycles. The zero-order chi connectivity index (χ0) is 18.9. The molecule has 1 N–H and O–H groups in total. The fourth-order valence-electron chi connectivity index (χ4n) is 3.40. The third-order valence-electron chi connectivity index (χ3n) is 4.78. The van der Waals surface area contributed by atoms with Gasteiger partial charge in [-0.2, -0.15) is 0 Å². The molecule has 1 amide bonds. The van der Waals surface area contributed by atoms with Gasteiger partial charge in [-0.05, 0) is 37.5 Å². The minimum Gasteiger partial charge on any atom is -0.478 e. The first kappa shape index (κ1) is 18.8. The first-order chi connectivity index (χ1) is 12.3. The second-order valence-corrected chi connectivity index (χ2v) is 8.88. The van der Waals surface area contributed by atoms with E-state index in [0.717, 1.165) is 31.0 Å². The fourth-order valence-corrected chi connectivity index (χ4v) is 5.13. The van der Waals surface area contributed by atoms with Gasteiger partial charge in [-0.15, -0.1) is 0 Å². The Balaban J connectivity index is 1.87. The molecule has 0 saturated carbocycles. The summed E-state index contributed by atoms with van der Waals surface area (Å²) >= 11 is 0. The lowest BCUT2D eigenvalue weighted by Crippen LogP contribution is -2.45. The van der Waals surface area contributed by atoms with E-state index >= 15 is 0 Å². The molecule has 0 aliphatic carbocycles. The van der Waals surface area contributed by atoms with Crippen LogP contribution in [0.25, 0.3) is 0 Å². The van der Waals surface area contributed by atoms with Gasteiger partial charge in [0, 0.05) is 19.2 Å². The highest BCUT2D eigenvalue weighted by atomic mass is 32.2. The molecule has 142 valence electrons. The lowest BCUT2D eigenvalue weighted by atomic mass is 10.1. The summed E-state index contributed by atoms with van der Waals surface area (Å²) in [5.74, 6) is -3.03. The van der Waals surface area contributed by atoms with Crippen molar-refractivity contribution in [1.29, 1.82) is 0 Å². The largest absolute Gasteiger partial charge is 0.478 e. The van der Waals surface area contributed by atoms with E-state index in [1.165, 1.54) is 4.90 Å². The molecule has 7 nitrogen and oxygen atoms in total. The van der Waals surface area contributed by atoms with E-state index in [1.807, 2.05) is 0 Å². The molecule has 0 radical (unpaired) electrons. The van der Waals surface area contributed by atoms with Crippen LogP contribution in [0.1, 0.15) is 40.0 Å². The predicted molar refractivity (Wildman–Crippen MR) is 90.4 cm³/mol. The summed E-state index contributed by atoms with van der Waals surface area (Å²) in [6, 6.07) is 2.56. The average Bonchev–Trinajstić information content (AvgIpc) is 3.21. The Morgan fingerprint density at radius 3 is 2.62 bits per heavy atom. The van der Waals surface area contributed by atoms with Crippen molar-refractivity contribution in [2.24, 2.45) is 0 Å². The van der Waals surface area contributed by atoms with Crippen LogP contribution in [0.5, 0.6) is 0 Å². The zero-order valence-electron chi connectivity index (χ0n) is 14.1. The number of aromatic carboxylic acids is 1. The molecule has 2 fully saturated rings. The van der Waals surface area contributed by atoms with Crippen molar-refractivity contribution < 1.29 is 32.2 Å². The zero-order valence-corrected chi connectivity index (χ0v) is 14.9. The van der Waals surface area contributed by atoms with Crippen LogP contribution in [0, 0.1) is 5.82 Å². The van der Waals surface area contributed by atoms with E-state index in [9.17, 15) is 22.4 Å². The normalized spacial score (nSPS) is 24.5. The van der Waals surface area contributed by atoms with Crippen molar-refractivity contribution in [2.45, 2.75) is 31.4 Å². The average molecular weight is 385 g/mol. The van der Waals surface area contributed by atoms with Crippen molar-refractivity contribution in [3.8, 4) is 0 Å². The van der Waals surface area contributed by atoms with Gasteiger partial charge in [0.15, 0.2) is 9.84 Å². The van der Waals surface area contributed by atoms with Gasteiger partial charge in [0.1, 0.15) is 5.82 Å². The fraction of sp³-hybridized carbons (Fsp3) is 0.529. The van der Waals surface area contributed by atoms with Crippen LogP contribution in [0.4, 0.5) is 4.39 Å². The summed E-state index contributed by atoms with van der Waals surface area (Å²) in [6.45, 7) is 0.774. The summed E-state index contributed by atoms with van der Waals surface area (Å²) in [7, 11) is -3.22. The number of carbonyl (C=O) groups excluding carboxylic acids is 1. The first-order valence-electron chi connectivity index (χ1n) is 8.42. The molecule has 2 saturated heterocycles. The highest BCUT2D eigenvalue weighted by molar-refractivity contribution is 7.91. The van der Waals surface area contributed by atoms with Gasteiger partial charge >= 0.3 is 5.97 Å². The molecule has 2 unspecified atom stereocenters. The Kier molecular flexibility index (Phi) is 5.29. The maximum absolute atomic E-state index is 14.3. The van der Waals surface area contributed by atoms with E-state index in [0.29, 0.717) is 13.0 Å². The summed E-state index contributed by atoms with van der Waals surface area (Å²) < 4.78 is 43.5. The molecular weight excluding hydrogens is 365 g/mol. The Labute approximate surface area is 150 Å². The van der Waals surface area contributed by atoms with Gasteiger partial charge in [0.25, 0.3) is 5.91 Å². The molecule has 1 aromatic rings. The third kappa shape index (κ3) is 4.04. The molecule has 9 heteroatoms. The monoisotopic (exact) mass is 385 g/mol. The van der Waals surface area contributed by atoms with E-state index in [2.05, 4.69) is 0 Å². The Hall–Kier alpha value is -2.00. The number of hydrogen-bond donors (Lipinski definition) is 1. The maximum atomic E-state index is 14.3. The Morgan fingerprint density at radius 1 is 1.31 bits per heavy atom. The minimum absolute atomic E-state index is 0.00654. The van der Waals surface area contributed by atoms with E-state index < -0.39 is 33.6 Å². The van der Waals surface area contributed by atoms with Crippen LogP contribution < -0.4 is 0 Å². The van der Waals surface area contributed by atoms with E-state index in [-0.39, 0.29) is 35.3 Å². The van der Waals surface area contributed by atoms with Crippen LogP contribution in [0.2, 0.25) is 0 Å². The highest BCUT2D eigenvalue weighted by Crippen LogP contribution is 2.24. The molecule has 0 bridgehead atoms. The van der Waals surface area contributed by atoms with Crippen LogP contribution >= 0.6 is 0 Å². The van der Waals surface area contributed by atoms with Crippen LogP contribution in [0.3, 0.4) is 0 Å². The number of carboxylic acids is 1. The lowest BCUT2D eigenvalue weighted by Gasteiger charge is -2.30. The number of amides is 1. The van der Waals surface area contributed by atoms with Gasteiger partial charge in [-0.1, -0.05) is 0 Å². The SMILES string of the molecule is O=C(O)c1ccc(C(=O)N(CC2CCCO2)C2CCS(=O)(=O)C2)c(F)c1. The highest BCUT2D eigenvalue weighted by Gasteiger charge is 2.37. The quantitative estimate of drug-likeness (QED) is 0.821. The standard InChI is InChI=1S/C17H20FNO6S/c18-15-8-11(17(21)22)3-4-14(15)16(20)19(9-13-2-1-6-25-13)12-5-7-26(23,24)10-12/h3-4,8,12-13H,1-2,5-7,9-10H2,(H,21,22). The molecular formula is C17H20FNO6S. The molecule has 26 heavy (non-hydrogen) atoms. The molecule has 2 aliphatic rings. The molecule has 0 aromatic heterocycles. The van der Waals surface area contributed by atoms with E-state index in [4.69, 9.17) is 9.84 Å². The van der Waals surface area contributed by atoms with Crippen LogP contribution in [-0.2, 0) is 14.6 Å². The predicted octanol–water partition coefficient (Wildman–Crippen LogP) is 1.33. The van der Waals surface area contributed by atoms with Crippen LogP contribution in [-0.4, -0.2) is 67.1 Å². The van der Waals surface area contributed by atoms with Crippen molar-refractivity contribution in [2.75, 3.05) is 24.7 Å². The second-order valence-electron chi connectivity index (χ2n) is 6.65. The number of sulfone groups is 1. The number of carbonyl (C=O) groups is 2. The van der Waals surface area contributed by atoms with Crippen molar-refractivity contribution >= 4 is 21.7 Å². The number of hydrogen-bond acceptors (Lipinski definition) is 5. The number of rotatable bonds is 5. The summed E-state index contributed by atoms with van der Waals surface area (Å²) in [5, 5.41) is 8.92. The lowest BCUT2D eigenvalue weighted by molar-refractivity contribution is 0.0437. The molecule has 1 aromatic carbocycles. The van der Waals surface area contributed by atoms with Crippen molar-refractivity contribution in [1.82, 2.24) is 4.90 Å². The summed E-state index contributed by atoms with van der Waals surface area (Å²) in [6.07, 6.45) is 1.71. The number of ether oxygens (including phenoxy) is 1. The number of halogens is 1. The first-order valence-corrected chi connectivity index (χ1v) is 10.2. The molecule has 0 spiro atoms. The number of nitrogens with zero attached hydrogens (tertiary/aromatic N) is 1. The van der Waals surface area contributed by atoms with Gasteiger partial charge in [-0.3, -0.25) is 4.79 Å². The molecule has 3 rings (SSSR count). The molecule has 2 atom stereocenters. The number of carboxylic acid groups (broad SMARTS) is 1. The van der Waals surface area contributed by atoms with Gasteiger partial charge < -0.3 is 14.7 Å². The third-order valence-corrected chi connectivity index (χ3v) is 6.53. The minimum atomic E-state index is -3.22. The van der Waals surface area contributed by atoms with Gasteiger partial charge in [-0.25, -0.2) is 17.6 Å². The summed E-state index contributed by atoms with van der Waals surface area (Å²) in [4.78, 5) is 25.2. The second kappa shape index (κ2) is 7.32. The van der Waals surface area contributed by atoms with Gasteiger partial charge in [0.05, 0.1) is 28.7 Å². The summed E-state index contributed by atoms with van der Waals surface area (Å²) in [5.41, 5.74) is -0.523. The van der Waals surface area contributed by atoms with E-state index in [1.54, 1.807) is 0 Å². The Bertz CT molecular complexity index is 819.